The van der Waals surface area contributed by atoms with Gasteiger partial charge < -0.3 is 4.74 Å². The van der Waals surface area contributed by atoms with Gasteiger partial charge in [-0.05, 0) is 22.9 Å². The number of hydrogen-bond donors (Lipinski definition) is 1. The third-order valence-corrected chi connectivity index (χ3v) is 3.25. The molecule has 0 saturated carbocycles. The summed E-state index contributed by atoms with van der Waals surface area (Å²) in [6, 6.07) is 20.0. The first-order chi connectivity index (χ1) is 9.79. The summed E-state index contributed by atoms with van der Waals surface area (Å²) in [6.45, 7) is 0. The van der Waals surface area contributed by atoms with Crippen LogP contribution in [0.25, 0.3) is 22.0 Å². The highest BCUT2D eigenvalue weighted by molar-refractivity contribution is 5.96. The summed E-state index contributed by atoms with van der Waals surface area (Å²) in [7, 11) is 1.48. The van der Waals surface area contributed by atoms with Crippen LogP contribution >= 0.6 is 0 Å². The molecule has 3 aromatic rings. The summed E-state index contributed by atoms with van der Waals surface area (Å²) < 4.78 is 4.94. The summed E-state index contributed by atoms with van der Waals surface area (Å²) in [5.41, 5.74) is 2.45. The minimum Gasteiger partial charge on any atom is -0.480 e. The SMILES string of the molecule is COC(=N)c1cccc(-c2cccc3ccccc23)n1. The van der Waals surface area contributed by atoms with Crippen LogP contribution in [0, 0.1) is 5.41 Å². The van der Waals surface area contributed by atoms with Crippen LogP contribution in [0.4, 0.5) is 0 Å². The predicted octanol–water partition coefficient (Wildman–Crippen LogP) is 3.87. The van der Waals surface area contributed by atoms with E-state index >= 15 is 0 Å². The van der Waals surface area contributed by atoms with E-state index in [1.165, 1.54) is 12.5 Å². The molecule has 0 spiro atoms. The van der Waals surface area contributed by atoms with Crippen LogP contribution in [0.15, 0.2) is 60.7 Å². The second-order valence-electron chi connectivity index (χ2n) is 4.47. The summed E-state index contributed by atoms with van der Waals surface area (Å²) in [4.78, 5) is 4.51. The van der Waals surface area contributed by atoms with E-state index in [0.717, 1.165) is 16.6 Å². The number of nitrogens with one attached hydrogen (secondary N) is 1. The van der Waals surface area contributed by atoms with E-state index in [2.05, 4.69) is 23.2 Å². The zero-order valence-electron chi connectivity index (χ0n) is 11.1. The van der Waals surface area contributed by atoms with E-state index in [1.807, 2.05) is 36.4 Å². The predicted molar refractivity (Wildman–Crippen MR) is 81.0 cm³/mol. The number of rotatable bonds is 2. The van der Waals surface area contributed by atoms with Crippen molar-refractivity contribution in [3.05, 3.63) is 66.4 Å². The van der Waals surface area contributed by atoms with E-state index in [1.54, 1.807) is 6.07 Å². The van der Waals surface area contributed by atoms with Gasteiger partial charge in [-0.15, -0.1) is 0 Å². The lowest BCUT2D eigenvalue weighted by molar-refractivity contribution is 0.399. The fourth-order valence-corrected chi connectivity index (χ4v) is 2.26. The van der Waals surface area contributed by atoms with Crippen molar-refractivity contribution in [2.45, 2.75) is 0 Å². The highest BCUT2D eigenvalue weighted by atomic mass is 16.5. The number of fused-ring (bicyclic) bond motifs is 1. The third kappa shape index (κ3) is 2.14. The Kier molecular flexibility index (Phi) is 3.17. The van der Waals surface area contributed by atoms with Gasteiger partial charge in [0.2, 0.25) is 5.90 Å². The Balaban J connectivity index is 2.18. The van der Waals surface area contributed by atoms with Gasteiger partial charge in [-0.1, -0.05) is 48.5 Å². The summed E-state index contributed by atoms with van der Waals surface area (Å²) in [6.07, 6.45) is 0. The molecule has 1 heterocycles. The first-order valence-corrected chi connectivity index (χ1v) is 6.37. The first-order valence-electron chi connectivity index (χ1n) is 6.37. The minimum absolute atomic E-state index is 0.0760. The molecule has 0 aliphatic heterocycles. The van der Waals surface area contributed by atoms with Crippen LogP contribution < -0.4 is 0 Å². The van der Waals surface area contributed by atoms with E-state index in [-0.39, 0.29) is 5.90 Å². The lowest BCUT2D eigenvalue weighted by Crippen LogP contribution is -2.04. The number of methoxy groups -OCH3 is 1. The Morgan fingerprint density at radius 3 is 2.55 bits per heavy atom. The normalized spacial score (nSPS) is 10.4. The summed E-state index contributed by atoms with van der Waals surface area (Å²) in [5, 5.41) is 10.1. The lowest BCUT2D eigenvalue weighted by Gasteiger charge is -2.08. The van der Waals surface area contributed by atoms with E-state index in [0.29, 0.717) is 5.69 Å². The number of pyridine rings is 1. The van der Waals surface area contributed by atoms with E-state index in [9.17, 15) is 0 Å². The zero-order chi connectivity index (χ0) is 13.9. The molecular weight excluding hydrogens is 248 g/mol. The van der Waals surface area contributed by atoms with Crippen LogP contribution in [-0.4, -0.2) is 18.0 Å². The molecule has 20 heavy (non-hydrogen) atoms. The molecule has 1 N–H and O–H groups in total. The van der Waals surface area contributed by atoms with Gasteiger partial charge in [0.25, 0.3) is 0 Å². The smallest absolute Gasteiger partial charge is 0.232 e. The molecule has 3 nitrogen and oxygen atoms in total. The number of hydrogen-bond acceptors (Lipinski definition) is 3. The Labute approximate surface area is 117 Å². The van der Waals surface area contributed by atoms with Crippen LogP contribution in [0.1, 0.15) is 5.69 Å². The van der Waals surface area contributed by atoms with Crippen molar-refractivity contribution < 1.29 is 4.74 Å². The average molecular weight is 262 g/mol. The molecule has 0 fully saturated rings. The molecule has 98 valence electrons. The molecule has 1 aromatic heterocycles. The summed E-state index contributed by atoms with van der Waals surface area (Å²) in [5.74, 6) is 0.0760. The molecule has 0 unspecified atom stereocenters. The second kappa shape index (κ2) is 5.13. The van der Waals surface area contributed by atoms with Crippen molar-refractivity contribution in [1.82, 2.24) is 4.98 Å². The molecular formula is C17H14N2O. The molecule has 0 amide bonds. The Morgan fingerprint density at radius 1 is 0.950 bits per heavy atom. The molecule has 3 heteroatoms. The van der Waals surface area contributed by atoms with E-state index in [4.69, 9.17) is 10.1 Å². The quantitative estimate of drug-likeness (QED) is 0.563. The largest absolute Gasteiger partial charge is 0.480 e. The first kappa shape index (κ1) is 12.4. The topological polar surface area (TPSA) is 46.0 Å². The van der Waals surface area contributed by atoms with Crippen LogP contribution in [0.5, 0.6) is 0 Å². The van der Waals surface area contributed by atoms with Crippen LogP contribution in [0.2, 0.25) is 0 Å². The van der Waals surface area contributed by atoms with Gasteiger partial charge >= 0.3 is 0 Å². The maximum Gasteiger partial charge on any atom is 0.232 e. The number of ether oxygens (including phenoxy) is 1. The average Bonchev–Trinajstić information content (AvgIpc) is 2.53. The van der Waals surface area contributed by atoms with Gasteiger partial charge in [-0.25, -0.2) is 4.98 Å². The zero-order valence-corrected chi connectivity index (χ0v) is 11.1. The van der Waals surface area contributed by atoms with E-state index < -0.39 is 0 Å². The molecule has 2 aromatic carbocycles. The van der Waals surface area contributed by atoms with Crippen molar-refractivity contribution in [3.8, 4) is 11.3 Å². The minimum atomic E-state index is 0.0760. The Morgan fingerprint density at radius 2 is 1.70 bits per heavy atom. The van der Waals surface area contributed by atoms with Gasteiger partial charge in [0.05, 0.1) is 12.8 Å². The highest BCUT2D eigenvalue weighted by Crippen LogP contribution is 2.27. The molecule has 0 aliphatic carbocycles. The van der Waals surface area contributed by atoms with Crippen LogP contribution in [0.3, 0.4) is 0 Å². The molecule has 0 bridgehead atoms. The van der Waals surface area contributed by atoms with Crippen molar-refractivity contribution in [3.63, 3.8) is 0 Å². The lowest BCUT2D eigenvalue weighted by atomic mass is 10.0. The van der Waals surface area contributed by atoms with Gasteiger partial charge in [-0.2, -0.15) is 0 Å². The number of benzene rings is 2. The second-order valence-corrected chi connectivity index (χ2v) is 4.47. The monoisotopic (exact) mass is 262 g/mol. The molecule has 0 atom stereocenters. The van der Waals surface area contributed by atoms with Crippen molar-refractivity contribution in [1.29, 1.82) is 5.41 Å². The fraction of sp³-hybridized carbons (Fsp3) is 0.0588. The van der Waals surface area contributed by atoms with Gasteiger partial charge in [-0.3, -0.25) is 5.41 Å². The highest BCUT2D eigenvalue weighted by Gasteiger charge is 2.08. The number of nitrogens with zero attached hydrogens (tertiary/aromatic N) is 1. The maximum atomic E-state index is 7.72. The molecule has 0 aliphatic rings. The number of aromatic nitrogens is 1. The van der Waals surface area contributed by atoms with Gasteiger partial charge in [0, 0.05) is 5.56 Å². The van der Waals surface area contributed by atoms with Crippen molar-refractivity contribution in [2.75, 3.05) is 7.11 Å². The maximum absolute atomic E-state index is 7.72. The molecule has 0 radical (unpaired) electrons. The van der Waals surface area contributed by atoms with Crippen LogP contribution in [-0.2, 0) is 4.74 Å². The fourth-order valence-electron chi connectivity index (χ4n) is 2.26. The molecule has 3 rings (SSSR count). The Hall–Kier alpha value is -2.68. The third-order valence-electron chi connectivity index (χ3n) is 3.25. The summed E-state index contributed by atoms with van der Waals surface area (Å²) >= 11 is 0. The van der Waals surface area contributed by atoms with Gasteiger partial charge in [0.15, 0.2) is 0 Å². The standard InChI is InChI=1S/C17H14N2O/c1-20-17(18)16-11-5-10-15(19-16)14-9-4-7-12-6-2-3-8-13(12)14/h2-11,18H,1H3. The molecule has 0 saturated heterocycles. The van der Waals surface area contributed by atoms with Crippen molar-refractivity contribution in [2.24, 2.45) is 0 Å². The van der Waals surface area contributed by atoms with Crippen molar-refractivity contribution >= 4 is 16.7 Å². The Bertz CT molecular complexity index is 775. The van der Waals surface area contributed by atoms with Gasteiger partial charge in [0.1, 0.15) is 5.69 Å².